The maximum absolute atomic E-state index is 5.69. The Hall–Kier alpha value is -0.930. The summed E-state index contributed by atoms with van der Waals surface area (Å²) in [6.07, 6.45) is 4.96. The molecule has 2 atom stereocenters. The van der Waals surface area contributed by atoms with Gasteiger partial charge >= 0.3 is 0 Å². The van der Waals surface area contributed by atoms with Gasteiger partial charge in [-0.05, 0) is 35.8 Å². The van der Waals surface area contributed by atoms with Crippen molar-refractivity contribution in [1.29, 1.82) is 0 Å². The SMILES string of the molecule is CCc1ccc(CC(CC(C)C(C)(C)C)NN)nc1. The lowest BCUT2D eigenvalue weighted by molar-refractivity contribution is 0.222. The van der Waals surface area contributed by atoms with Crippen LogP contribution in [0.25, 0.3) is 0 Å². The first-order valence-corrected chi connectivity index (χ1v) is 7.26. The molecule has 2 unspecified atom stereocenters. The van der Waals surface area contributed by atoms with Gasteiger partial charge in [0.1, 0.15) is 0 Å². The van der Waals surface area contributed by atoms with Crippen LogP contribution < -0.4 is 11.3 Å². The van der Waals surface area contributed by atoms with Gasteiger partial charge in [0, 0.05) is 24.4 Å². The van der Waals surface area contributed by atoms with Crippen molar-refractivity contribution in [2.75, 3.05) is 0 Å². The lowest BCUT2D eigenvalue weighted by Crippen LogP contribution is -2.39. The molecule has 1 rings (SSSR count). The van der Waals surface area contributed by atoms with Crippen LogP contribution in [0.15, 0.2) is 18.3 Å². The number of hydrogen-bond donors (Lipinski definition) is 2. The molecule has 0 bridgehead atoms. The quantitative estimate of drug-likeness (QED) is 0.612. The van der Waals surface area contributed by atoms with Gasteiger partial charge in [0.2, 0.25) is 0 Å². The fourth-order valence-electron chi connectivity index (χ4n) is 2.03. The molecule has 0 aliphatic carbocycles. The van der Waals surface area contributed by atoms with Crippen molar-refractivity contribution < 1.29 is 0 Å². The second-order valence-corrected chi connectivity index (χ2v) is 6.58. The fourth-order valence-corrected chi connectivity index (χ4v) is 2.03. The molecule has 0 amide bonds. The largest absolute Gasteiger partial charge is 0.271 e. The standard InChI is InChI=1S/C16H29N3/c1-6-13-7-8-14(18-11-13)10-15(19-17)9-12(2)16(3,4)5/h7-8,11-12,15,19H,6,9-10,17H2,1-5H3. The third kappa shape index (κ3) is 5.29. The van der Waals surface area contributed by atoms with E-state index < -0.39 is 0 Å². The Kier molecular flexibility index (Phi) is 5.95. The Morgan fingerprint density at radius 1 is 1.32 bits per heavy atom. The Morgan fingerprint density at radius 2 is 2.00 bits per heavy atom. The maximum atomic E-state index is 5.69. The van der Waals surface area contributed by atoms with E-state index in [-0.39, 0.29) is 6.04 Å². The molecule has 19 heavy (non-hydrogen) atoms. The first-order valence-electron chi connectivity index (χ1n) is 7.26. The summed E-state index contributed by atoms with van der Waals surface area (Å²) >= 11 is 0. The van der Waals surface area contributed by atoms with Crippen LogP contribution in [0.5, 0.6) is 0 Å². The Balaban J connectivity index is 2.60. The molecule has 0 saturated heterocycles. The summed E-state index contributed by atoms with van der Waals surface area (Å²) in [7, 11) is 0. The first-order chi connectivity index (χ1) is 8.86. The summed E-state index contributed by atoms with van der Waals surface area (Å²) in [5.74, 6) is 6.30. The van der Waals surface area contributed by atoms with Gasteiger partial charge in [0.05, 0.1) is 0 Å². The van der Waals surface area contributed by atoms with E-state index in [9.17, 15) is 0 Å². The summed E-state index contributed by atoms with van der Waals surface area (Å²) in [6, 6.07) is 4.56. The third-order valence-electron chi connectivity index (χ3n) is 4.10. The van der Waals surface area contributed by atoms with Crippen molar-refractivity contribution in [3.05, 3.63) is 29.6 Å². The molecule has 3 nitrogen and oxygen atoms in total. The van der Waals surface area contributed by atoms with Gasteiger partial charge in [-0.15, -0.1) is 0 Å². The number of aryl methyl sites for hydroxylation is 1. The molecule has 1 aromatic heterocycles. The van der Waals surface area contributed by atoms with Crippen LogP contribution in [0.2, 0.25) is 0 Å². The van der Waals surface area contributed by atoms with Gasteiger partial charge in [-0.2, -0.15) is 0 Å². The van der Waals surface area contributed by atoms with E-state index in [2.05, 4.69) is 57.2 Å². The molecule has 1 aromatic rings. The van der Waals surface area contributed by atoms with E-state index in [4.69, 9.17) is 5.84 Å². The van der Waals surface area contributed by atoms with Gasteiger partial charge in [0.15, 0.2) is 0 Å². The highest BCUT2D eigenvalue weighted by molar-refractivity contribution is 5.14. The zero-order chi connectivity index (χ0) is 14.5. The molecule has 1 heterocycles. The molecule has 0 fully saturated rings. The van der Waals surface area contributed by atoms with Crippen molar-refractivity contribution in [3.63, 3.8) is 0 Å². The third-order valence-corrected chi connectivity index (χ3v) is 4.10. The van der Waals surface area contributed by atoms with Crippen molar-refractivity contribution in [3.8, 4) is 0 Å². The zero-order valence-corrected chi connectivity index (χ0v) is 13.0. The number of hydrogen-bond acceptors (Lipinski definition) is 3. The van der Waals surface area contributed by atoms with Gasteiger partial charge in [-0.1, -0.05) is 40.7 Å². The second-order valence-electron chi connectivity index (χ2n) is 6.58. The molecule has 0 saturated carbocycles. The van der Waals surface area contributed by atoms with Crippen molar-refractivity contribution in [2.24, 2.45) is 17.2 Å². The first kappa shape index (κ1) is 16.1. The van der Waals surface area contributed by atoms with Crippen LogP contribution in [0.1, 0.15) is 52.3 Å². The maximum Gasteiger partial charge on any atom is 0.0419 e. The number of nitrogens with zero attached hydrogens (tertiary/aromatic N) is 1. The summed E-state index contributed by atoms with van der Waals surface area (Å²) in [5, 5.41) is 0. The fraction of sp³-hybridized carbons (Fsp3) is 0.688. The smallest absolute Gasteiger partial charge is 0.0419 e. The van der Waals surface area contributed by atoms with Crippen LogP contribution in [-0.4, -0.2) is 11.0 Å². The highest BCUT2D eigenvalue weighted by atomic mass is 15.2. The lowest BCUT2D eigenvalue weighted by Gasteiger charge is -2.30. The Morgan fingerprint density at radius 3 is 2.42 bits per heavy atom. The second kappa shape index (κ2) is 7.01. The normalized spacial score (nSPS) is 15.3. The highest BCUT2D eigenvalue weighted by Crippen LogP contribution is 2.29. The van der Waals surface area contributed by atoms with Crippen LogP contribution >= 0.6 is 0 Å². The van der Waals surface area contributed by atoms with Crippen LogP contribution in [0.4, 0.5) is 0 Å². The summed E-state index contributed by atoms with van der Waals surface area (Å²) in [6.45, 7) is 11.3. The minimum Gasteiger partial charge on any atom is -0.271 e. The number of hydrazine groups is 1. The summed E-state index contributed by atoms with van der Waals surface area (Å²) in [5.41, 5.74) is 5.65. The lowest BCUT2D eigenvalue weighted by atomic mass is 9.78. The number of nitrogens with two attached hydrogens (primary N) is 1. The molecule has 0 aliphatic rings. The van der Waals surface area contributed by atoms with E-state index >= 15 is 0 Å². The molecule has 0 aliphatic heterocycles. The van der Waals surface area contributed by atoms with Gasteiger partial charge in [-0.25, -0.2) is 0 Å². The van der Waals surface area contributed by atoms with E-state index in [1.807, 2.05) is 6.20 Å². The van der Waals surface area contributed by atoms with E-state index in [0.717, 1.165) is 25.0 Å². The van der Waals surface area contributed by atoms with E-state index in [0.29, 0.717) is 11.3 Å². The zero-order valence-electron chi connectivity index (χ0n) is 13.0. The van der Waals surface area contributed by atoms with Crippen LogP contribution in [0.3, 0.4) is 0 Å². The molecule has 108 valence electrons. The van der Waals surface area contributed by atoms with E-state index in [1.54, 1.807) is 0 Å². The van der Waals surface area contributed by atoms with Crippen molar-refractivity contribution in [2.45, 2.75) is 59.9 Å². The minimum absolute atomic E-state index is 0.286. The predicted octanol–water partition coefficient (Wildman–Crippen LogP) is 3.09. The summed E-state index contributed by atoms with van der Waals surface area (Å²) < 4.78 is 0. The van der Waals surface area contributed by atoms with Crippen LogP contribution in [-0.2, 0) is 12.8 Å². The van der Waals surface area contributed by atoms with Gasteiger partial charge < -0.3 is 0 Å². The van der Waals surface area contributed by atoms with Gasteiger partial charge in [0.25, 0.3) is 0 Å². The minimum atomic E-state index is 0.286. The van der Waals surface area contributed by atoms with Crippen LogP contribution in [0, 0.1) is 11.3 Å². The Bertz CT molecular complexity index is 365. The molecule has 0 aromatic carbocycles. The molecular formula is C16H29N3. The average Bonchev–Trinajstić information content (AvgIpc) is 2.37. The monoisotopic (exact) mass is 263 g/mol. The molecular weight excluding hydrogens is 234 g/mol. The number of pyridine rings is 1. The topological polar surface area (TPSA) is 50.9 Å². The molecule has 3 heteroatoms. The number of rotatable bonds is 6. The average molecular weight is 263 g/mol. The Labute approximate surface area is 118 Å². The number of aromatic nitrogens is 1. The molecule has 0 spiro atoms. The number of nitrogens with one attached hydrogen (secondary N) is 1. The highest BCUT2D eigenvalue weighted by Gasteiger charge is 2.23. The van der Waals surface area contributed by atoms with Crippen molar-refractivity contribution in [1.82, 2.24) is 10.4 Å². The molecule has 0 radical (unpaired) electrons. The predicted molar refractivity (Wildman–Crippen MR) is 81.7 cm³/mol. The van der Waals surface area contributed by atoms with Crippen molar-refractivity contribution >= 4 is 0 Å². The van der Waals surface area contributed by atoms with E-state index in [1.165, 1.54) is 5.56 Å². The molecule has 3 N–H and O–H groups in total. The summed E-state index contributed by atoms with van der Waals surface area (Å²) in [4.78, 5) is 4.51. The van der Waals surface area contributed by atoms with Gasteiger partial charge in [-0.3, -0.25) is 16.3 Å².